The number of nitrogens with two attached hydrogens (primary N) is 1. The van der Waals surface area contributed by atoms with E-state index >= 15 is 0 Å². The van der Waals surface area contributed by atoms with E-state index in [9.17, 15) is 9.59 Å². The second-order valence-corrected chi connectivity index (χ2v) is 4.30. The van der Waals surface area contributed by atoms with E-state index in [1.165, 1.54) is 0 Å². The van der Waals surface area contributed by atoms with E-state index in [2.05, 4.69) is 0 Å². The number of rotatable bonds is 2. The molecule has 1 aromatic rings. The molecule has 4 N–H and O–H groups in total. The molecule has 0 aromatic heterocycles. The first-order valence-corrected chi connectivity index (χ1v) is 5.44. The molecule has 17 heavy (non-hydrogen) atoms. The maximum Gasteiger partial charge on any atom is 0.338 e. The number of halogens is 4. The maximum absolute atomic E-state index is 11.4. The number of benzene rings is 1. The Bertz CT molecular complexity index is 518. The van der Waals surface area contributed by atoms with Gasteiger partial charge in [0.05, 0.1) is 31.2 Å². The second kappa shape index (κ2) is 5.29. The van der Waals surface area contributed by atoms with Crippen molar-refractivity contribution in [3.8, 4) is 0 Å². The van der Waals surface area contributed by atoms with Gasteiger partial charge in [0.1, 0.15) is 0 Å². The highest BCUT2D eigenvalue weighted by Gasteiger charge is 2.28. The molecule has 0 saturated heterocycles. The third-order valence-electron chi connectivity index (χ3n) is 1.84. The van der Waals surface area contributed by atoms with Crippen molar-refractivity contribution in [2.24, 2.45) is 5.84 Å². The highest BCUT2D eigenvalue weighted by Crippen LogP contribution is 2.41. The van der Waals surface area contributed by atoms with Crippen molar-refractivity contribution >= 4 is 58.3 Å². The van der Waals surface area contributed by atoms with Crippen LogP contribution in [0.2, 0.25) is 20.1 Å². The van der Waals surface area contributed by atoms with Gasteiger partial charge in [0.2, 0.25) is 0 Å². The molecule has 0 spiro atoms. The monoisotopic (exact) mass is 316 g/mol. The zero-order chi connectivity index (χ0) is 13.3. The average molecular weight is 318 g/mol. The van der Waals surface area contributed by atoms with Crippen molar-refractivity contribution < 1.29 is 14.7 Å². The second-order valence-electron chi connectivity index (χ2n) is 2.78. The smallest absolute Gasteiger partial charge is 0.338 e. The Labute approximate surface area is 115 Å². The number of carbonyl (C=O) groups is 2. The summed E-state index contributed by atoms with van der Waals surface area (Å²) in [6.07, 6.45) is 0. The van der Waals surface area contributed by atoms with E-state index in [4.69, 9.17) is 57.4 Å². The van der Waals surface area contributed by atoms with Gasteiger partial charge in [-0.05, 0) is 0 Å². The Morgan fingerprint density at radius 3 is 1.71 bits per heavy atom. The van der Waals surface area contributed by atoms with E-state index in [0.717, 1.165) is 0 Å². The van der Waals surface area contributed by atoms with Crippen LogP contribution in [0.5, 0.6) is 0 Å². The van der Waals surface area contributed by atoms with Gasteiger partial charge in [0.25, 0.3) is 5.91 Å². The van der Waals surface area contributed by atoms with Crippen LogP contribution >= 0.6 is 46.4 Å². The molecule has 1 amide bonds. The van der Waals surface area contributed by atoms with E-state index in [0.29, 0.717) is 0 Å². The van der Waals surface area contributed by atoms with Gasteiger partial charge in [0, 0.05) is 0 Å². The predicted molar refractivity (Wildman–Crippen MR) is 65.1 cm³/mol. The average Bonchev–Trinajstić information content (AvgIpc) is 2.29. The Hall–Kier alpha value is -0.720. The molecule has 0 aliphatic carbocycles. The molecule has 0 bridgehead atoms. The summed E-state index contributed by atoms with van der Waals surface area (Å²) < 4.78 is 0. The SMILES string of the molecule is NNC(=O)c1c(Cl)c(Cl)c(Cl)c(Cl)c1C(=O)O. The molecular weight excluding hydrogens is 314 g/mol. The molecule has 0 heterocycles. The summed E-state index contributed by atoms with van der Waals surface area (Å²) in [5.41, 5.74) is 0.740. The highest BCUT2D eigenvalue weighted by atomic mass is 35.5. The van der Waals surface area contributed by atoms with Crippen LogP contribution in [0.4, 0.5) is 0 Å². The Balaban J connectivity index is 3.78. The number of carboxylic acid groups (broad SMARTS) is 1. The normalized spacial score (nSPS) is 10.2. The van der Waals surface area contributed by atoms with Gasteiger partial charge >= 0.3 is 5.97 Å². The van der Waals surface area contributed by atoms with Crippen LogP contribution in [-0.4, -0.2) is 17.0 Å². The topological polar surface area (TPSA) is 92.4 Å². The molecule has 0 radical (unpaired) electrons. The van der Waals surface area contributed by atoms with Crippen LogP contribution in [0.15, 0.2) is 0 Å². The lowest BCUT2D eigenvalue weighted by Crippen LogP contribution is -2.32. The molecule has 1 aromatic carbocycles. The zero-order valence-electron chi connectivity index (χ0n) is 7.85. The zero-order valence-corrected chi connectivity index (χ0v) is 10.9. The van der Waals surface area contributed by atoms with Crippen molar-refractivity contribution in [2.75, 3.05) is 0 Å². The minimum Gasteiger partial charge on any atom is -0.478 e. The van der Waals surface area contributed by atoms with Crippen molar-refractivity contribution in [3.63, 3.8) is 0 Å². The van der Waals surface area contributed by atoms with E-state index < -0.39 is 23.0 Å². The van der Waals surface area contributed by atoms with Crippen molar-refractivity contribution in [3.05, 3.63) is 31.2 Å². The number of aromatic carboxylic acids is 1. The largest absolute Gasteiger partial charge is 0.478 e. The van der Waals surface area contributed by atoms with Crippen molar-refractivity contribution in [2.45, 2.75) is 0 Å². The van der Waals surface area contributed by atoms with Gasteiger partial charge in [0.15, 0.2) is 0 Å². The molecule has 0 aliphatic heterocycles. The van der Waals surface area contributed by atoms with Crippen LogP contribution in [-0.2, 0) is 0 Å². The lowest BCUT2D eigenvalue weighted by atomic mass is 10.1. The molecule has 0 fully saturated rings. The fraction of sp³-hybridized carbons (Fsp3) is 0. The number of hydrogen-bond acceptors (Lipinski definition) is 3. The van der Waals surface area contributed by atoms with Crippen LogP contribution in [0, 0.1) is 0 Å². The molecule has 9 heteroatoms. The molecule has 92 valence electrons. The summed E-state index contributed by atoms with van der Waals surface area (Å²) in [4.78, 5) is 22.4. The summed E-state index contributed by atoms with van der Waals surface area (Å²) in [6.45, 7) is 0. The molecule has 0 unspecified atom stereocenters. The van der Waals surface area contributed by atoms with E-state index in [1.807, 2.05) is 0 Å². The first-order valence-electron chi connectivity index (χ1n) is 3.93. The number of nitrogens with one attached hydrogen (secondary N) is 1. The van der Waals surface area contributed by atoms with E-state index in [-0.39, 0.29) is 20.1 Å². The number of hydrogen-bond donors (Lipinski definition) is 3. The van der Waals surface area contributed by atoms with Crippen molar-refractivity contribution in [1.82, 2.24) is 5.43 Å². The van der Waals surface area contributed by atoms with Gasteiger partial charge in [-0.2, -0.15) is 0 Å². The number of carbonyl (C=O) groups excluding carboxylic acids is 1. The minimum atomic E-state index is -1.48. The first kappa shape index (κ1) is 14.3. The van der Waals surface area contributed by atoms with Crippen LogP contribution in [0.1, 0.15) is 20.7 Å². The lowest BCUT2D eigenvalue weighted by molar-refractivity contribution is 0.0691. The Kier molecular flexibility index (Phi) is 4.46. The lowest BCUT2D eigenvalue weighted by Gasteiger charge is -2.12. The molecule has 5 nitrogen and oxygen atoms in total. The highest BCUT2D eigenvalue weighted by molar-refractivity contribution is 6.54. The number of amides is 1. The van der Waals surface area contributed by atoms with Gasteiger partial charge in [-0.3, -0.25) is 10.2 Å². The van der Waals surface area contributed by atoms with Crippen LogP contribution in [0.3, 0.4) is 0 Å². The standard InChI is InChI=1S/C8H4Cl4N2O3/c9-3-1(7(15)14-13)2(8(16)17)4(10)6(12)5(3)11/h13H2,(H,14,15)(H,16,17). The molecular formula is C8H4Cl4N2O3. The number of nitrogen functional groups attached to an aromatic ring is 1. The van der Waals surface area contributed by atoms with Gasteiger partial charge in [-0.1, -0.05) is 46.4 Å². The predicted octanol–water partition coefficient (Wildman–Crippen LogP) is 2.60. The number of carboxylic acids is 1. The Morgan fingerprint density at radius 2 is 1.35 bits per heavy atom. The summed E-state index contributed by atoms with van der Waals surface area (Å²) in [6, 6.07) is 0. The van der Waals surface area contributed by atoms with E-state index in [1.54, 1.807) is 5.43 Å². The maximum atomic E-state index is 11.4. The van der Waals surface area contributed by atoms with Gasteiger partial charge in [-0.15, -0.1) is 0 Å². The molecule has 1 rings (SSSR count). The Morgan fingerprint density at radius 1 is 0.941 bits per heavy atom. The summed E-state index contributed by atoms with van der Waals surface area (Å²) in [7, 11) is 0. The van der Waals surface area contributed by atoms with Gasteiger partial charge < -0.3 is 5.11 Å². The third kappa shape index (κ3) is 2.43. The number of hydrazine groups is 1. The molecule has 0 atom stereocenters. The first-order chi connectivity index (χ1) is 7.82. The van der Waals surface area contributed by atoms with Gasteiger partial charge in [-0.25, -0.2) is 10.6 Å². The fourth-order valence-electron chi connectivity index (χ4n) is 1.12. The molecule has 0 aliphatic rings. The van der Waals surface area contributed by atoms with Crippen LogP contribution in [0.25, 0.3) is 0 Å². The fourth-order valence-corrected chi connectivity index (χ4v) is 2.14. The summed E-state index contributed by atoms with van der Waals surface area (Å²) in [5.74, 6) is 2.50. The van der Waals surface area contributed by atoms with Crippen molar-refractivity contribution in [1.29, 1.82) is 0 Å². The quantitative estimate of drug-likeness (QED) is 0.257. The minimum absolute atomic E-state index is 0.220. The third-order valence-corrected chi connectivity index (χ3v) is 3.64. The summed E-state index contributed by atoms with van der Waals surface area (Å²) >= 11 is 22.8. The summed E-state index contributed by atoms with van der Waals surface area (Å²) in [5, 5.41) is 7.78. The molecule has 0 saturated carbocycles. The van der Waals surface area contributed by atoms with Crippen LogP contribution < -0.4 is 11.3 Å².